The first-order valence-corrected chi connectivity index (χ1v) is 8.21. The van der Waals surface area contributed by atoms with Crippen LogP contribution in [-0.2, 0) is 4.74 Å². The average Bonchev–Trinajstić information content (AvgIpc) is 2.98. The Kier molecular flexibility index (Phi) is 4.34. The van der Waals surface area contributed by atoms with E-state index in [9.17, 15) is 5.11 Å². The molecule has 1 unspecified atom stereocenters. The van der Waals surface area contributed by atoms with Gasteiger partial charge in [-0.3, -0.25) is 4.90 Å². The summed E-state index contributed by atoms with van der Waals surface area (Å²) in [7, 11) is 0. The summed E-state index contributed by atoms with van der Waals surface area (Å²) in [5.74, 6) is 0. The van der Waals surface area contributed by atoms with Crippen molar-refractivity contribution in [3.05, 3.63) is 34.9 Å². The monoisotopic (exact) mass is 289 g/mol. The van der Waals surface area contributed by atoms with E-state index in [0.29, 0.717) is 0 Å². The first-order valence-electron chi connectivity index (χ1n) is 8.21. The Morgan fingerprint density at radius 2 is 1.81 bits per heavy atom. The van der Waals surface area contributed by atoms with Crippen molar-refractivity contribution in [1.82, 2.24) is 4.90 Å². The molecule has 2 fully saturated rings. The van der Waals surface area contributed by atoms with Crippen LogP contribution in [0.15, 0.2) is 18.2 Å². The van der Waals surface area contributed by atoms with E-state index in [1.807, 2.05) is 0 Å². The van der Waals surface area contributed by atoms with Crippen LogP contribution >= 0.6 is 0 Å². The number of hydrogen-bond donors (Lipinski definition) is 1. The molecular formula is C18H27NO2. The first-order chi connectivity index (χ1) is 10.1. The Hall–Kier alpha value is -0.900. The predicted octanol–water partition coefficient (Wildman–Crippen LogP) is 2.98. The molecule has 2 aliphatic rings. The molecule has 1 aromatic carbocycles. The fraction of sp³-hybridized carbons (Fsp3) is 0.667. The van der Waals surface area contributed by atoms with Crippen molar-refractivity contribution in [2.75, 3.05) is 26.3 Å². The third-order valence-electron chi connectivity index (χ3n) is 5.34. The molecule has 1 aliphatic carbocycles. The maximum atomic E-state index is 11.2. The van der Waals surface area contributed by atoms with Gasteiger partial charge < -0.3 is 9.84 Å². The van der Waals surface area contributed by atoms with Gasteiger partial charge in [0, 0.05) is 13.1 Å². The lowest BCUT2D eigenvalue weighted by molar-refractivity contribution is -0.0776. The zero-order valence-electron chi connectivity index (χ0n) is 13.3. The number of benzene rings is 1. The second kappa shape index (κ2) is 6.07. The number of nitrogens with zero attached hydrogens (tertiary/aromatic N) is 1. The quantitative estimate of drug-likeness (QED) is 0.928. The molecule has 0 amide bonds. The highest BCUT2D eigenvalue weighted by atomic mass is 16.5. The number of morpholine rings is 1. The van der Waals surface area contributed by atoms with Gasteiger partial charge in [0.1, 0.15) is 0 Å². The van der Waals surface area contributed by atoms with Gasteiger partial charge in [-0.25, -0.2) is 0 Å². The van der Waals surface area contributed by atoms with Gasteiger partial charge in [0.15, 0.2) is 0 Å². The van der Waals surface area contributed by atoms with Crippen LogP contribution in [0, 0.1) is 13.8 Å². The number of ether oxygens (including phenoxy) is 1. The molecule has 21 heavy (non-hydrogen) atoms. The molecule has 3 rings (SSSR count). The molecule has 0 aromatic heterocycles. The number of hydrogen-bond acceptors (Lipinski definition) is 3. The molecule has 116 valence electrons. The van der Waals surface area contributed by atoms with Crippen molar-refractivity contribution in [3.8, 4) is 0 Å². The van der Waals surface area contributed by atoms with Crippen molar-refractivity contribution in [2.45, 2.75) is 51.2 Å². The number of aliphatic hydroxyl groups excluding tert-OH is 1. The third-order valence-corrected chi connectivity index (χ3v) is 5.34. The van der Waals surface area contributed by atoms with Crippen molar-refractivity contribution in [2.24, 2.45) is 0 Å². The molecule has 0 spiro atoms. The molecule has 1 heterocycles. The number of rotatable bonds is 3. The van der Waals surface area contributed by atoms with E-state index in [1.54, 1.807) is 0 Å². The lowest BCUT2D eigenvalue weighted by atomic mass is 9.82. The maximum absolute atomic E-state index is 11.2. The summed E-state index contributed by atoms with van der Waals surface area (Å²) < 4.78 is 5.51. The molecule has 3 heteroatoms. The summed E-state index contributed by atoms with van der Waals surface area (Å²) in [5, 5.41) is 11.2. The number of aliphatic hydroxyl groups is 1. The molecule has 0 radical (unpaired) electrons. The van der Waals surface area contributed by atoms with Crippen LogP contribution in [0.2, 0.25) is 0 Å². The Bertz CT molecular complexity index is 488. The minimum Gasteiger partial charge on any atom is -0.386 e. The standard InChI is InChI=1S/C18H27NO2/c1-14-5-6-16(15(2)13-14)17(20)18(7-3-4-8-18)19-9-11-21-12-10-19/h5-6,13,17,20H,3-4,7-12H2,1-2H3. The summed E-state index contributed by atoms with van der Waals surface area (Å²) in [6.07, 6.45) is 4.25. The van der Waals surface area contributed by atoms with Crippen molar-refractivity contribution in [1.29, 1.82) is 0 Å². The molecule has 1 saturated carbocycles. The molecule has 1 aliphatic heterocycles. The Morgan fingerprint density at radius 1 is 1.14 bits per heavy atom. The van der Waals surface area contributed by atoms with Gasteiger partial charge >= 0.3 is 0 Å². The van der Waals surface area contributed by atoms with E-state index < -0.39 is 6.10 Å². The molecule has 1 atom stereocenters. The largest absolute Gasteiger partial charge is 0.386 e. The van der Waals surface area contributed by atoms with Crippen molar-refractivity contribution < 1.29 is 9.84 Å². The fourth-order valence-electron chi connectivity index (χ4n) is 4.18. The highest BCUT2D eigenvalue weighted by molar-refractivity contribution is 5.34. The van der Waals surface area contributed by atoms with E-state index in [2.05, 4.69) is 36.9 Å². The van der Waals surface area contributed by atoms with Crippen LogP contribution in [0.4, 0.5) is 0 Å². The zero-order chi connectivity index (χ0) is 14.9. The number of aryl methyl sites for hydroxylation is 2. The maximum Gasteiger partial charge on any atom is 0.0976 e. The third kappa shape index (κ3) is 2.75. The first kappa shape index (κ1) is 15.0. The van der Waals surface area contributed by atoms with Gasteiger partial charge in [0.25, 0.3) is 0 Å². The Morgan fingerprint density at radius 3 is 2.43 bits per heavy atom. The van der Waals surface area contributed by atoms with Gasteiger partial charge in [-0.2, -0.15) is 0 Å². The van der Waals surface area contributed by atoms with E-state index in [4.69, 9.17) is 4.74 Å². The van der Waals surface area contributed by atoms with E-state index in [1.165, 1.54) is 24.0 Å². The van der Waals surface area contributed by atoms with Crippen LogP contribution in [0.3, 0.4) is 0 Å². The van der Waals surface area contributed by atoms with Gasteiger partial charge in [-0.1, -0.05) is 36.6 Å². The van der Waals surface area contributed by atoms with E-state index in [0.717, 1.165) is 44.7 Å². The topological polar surface area (TPSA) is 32.7 Å². The zero-order valence-corrected chi connectivity index (χ0v) is 13.3. The molecular weight excluding hydrogens is 262 g/mol. The minimum absolute atomic E-state index is 0.0796. The average molecular weight is 289 g/mol. The second-order valence-electron chi connectivity index (χ2n) is 6.67. The van der Waals surface area contributed by atoms with Gasteiger partial charge in [-0.15, -0.1) is 0 Å². The molecule has 3 nitrogen and oxygen atoms in total. The summed E-state index contributed by atoms with van der Waals surface area (Å²) >= 11 is 0. The summed E-state index contributed by atoms with van der Waals surface area (Å²) in [4.78, 5) is 2.49. The summed E-state index contributed by atoms with van der Waals surface area (Å²) in [6, 6.07) is 6.42. The molecule has 1 aromatic rings. The molecule has 1 N–H and O–H groups in total. The second-order valence-corrected chi connectivity index (χ2v) is 6.67. The fourth-order valence-corrected chi connectivity index (χ4v) is 4.18. The minimum atomic E-state index is -0.390. The highest BCUT2D eigenvalue weighted by Crippen LogP contribution is 2.45. The van der Waals surface area contributed by atoms with Crippen LogP contribution in [0.5, 0.6) is 0 Å². The van der Waals surface area contributed by atoms with Gasteiger partial charge in [-0.05, 0) is 37.8 Å². The Labute approximate surface area is 127 Å². The SMILES string of the molecule is Cc1ccc(C(O)C2(N3CCOCC3)CCCC2)c(C)c1. The molecule has 1 saturated heterocycles. The van der Waals surface area contributed by atoms with Crippen LogP contribution in [0.25, 0.3) is 0 Å². The van der Waals surface area contributed by atoms with Crippen LogP contribution < -0.4 is 0 Å². The van der Waals surface area contributed by atoms with Gasteiger partial charge in [0.2, 0.25) is 0 Å². The summed E-state index contributed by atoms with van der Waals surface area (Å²) in [5.41, 5.74) is 3.50. The Balaban J connectivity index is 1.92. The van der Waals surface area contributed by atoms with Crippen molar-refractivity contribution >= 4 is 0 Å². The smallest absolute Gasteiger partial charge is 0.0976 e. The van der Waals surface area contributed by atoms with E-state index >= 15 is 0 Å². The normalized spacial score (nSPS) is 24.1. The van der Waals surface area contributed by atoms with Crippen LogP contribution in [-0.4, -0.2) is 41.8 Å². The van der Waals surface area contributed by atoms with Crippen molar-refractivity contribution in [3.63, 3.8) is 0 Å². The van der Waals surface area contributed by atoms with Crippen LogP contribution in [0.1, 0.15) is 48.5 Å². The summed E-state index contributed by atoms with van der Waals surface area (Å²) in [6.45, 7) is 7.70. The lowest BCUT2D eigenvalue weighted by Gasteiger charge is -2.46. The lowest BCUT2D eigenvalue weighted by Crippen LogP contribution is -2.55. The van der Waals surface area contributed by atoms with E-state index in [-0.39, 0.29) is 5.54 Å². The predicted molar refractivity (Wildman–Crippen MR) is 84.5 cm³/mol. The highest BCUT2D eigenvalue weighted by Gasteiger charge is 2.46. The molecule has 0 bridgehead atoms. The van der Waals surface area contributed by atoms with Gasteiger partial charge in [0.05, 0.1) is 24.9 Å².